The minimum Gasteiger partial charge on any atom is -0.469 e. The highest BCUT2D eigenvalue weighted by molar-refractivity contribution is 5.87. The number of nitrogens with zero attached hydrogens (tertiary/aromatic N) is 2. The van der Waals surface area contributed by atoms with Crippen molar-refractivity contribution < 1.29 is 14.3 Å². The van der Waals surface area contributed by atoms with Gasteiger partial charge in [0.15, 0.2) is 0 Å². The number of rotatable bonds is 4. The van der Waals surface area contributed by atoms with E-state index in [1.807, 2.05) is 33.8 Å². The number of carbonyl (C=O) groups is 2. The molecule has 0 aliphatic carbocycles. The van der Waals surface area contributed by atoms with Gasteiger partial charge in [-0.25, -0.2) is 0 Å². The third kappa shape index (κ3) is 8.45. The first-order valence-electron chi connectivity index (χ1n) is 9.80. The average molecular weight is 367 g/mol. The summed E-state index contributed by atoms with van der Waals surface area (Å²) in [5.74, 6) is -0.840. The molecule has 5 nitrogen and oxygen atoms in total. The number of carbonyl (C=O) groups excluding carboxylic acids is 2. The molecule has 0 N–H and O–H groups in total. The van der Waals surface area contributed by atoms with Gasteiger partial charge in [-0.1, -0.05) is 66.9 Å². The van der Waals surface area contributed by atoms with Gasteiger partial charge in [0.05, 0.1) is 19.1 Å². The van der Waals surface area contributed by atoms with Crippen LogP contribution in [-0.2, 0) is 14.3 Å². The van der Waals surface area contributed by atoms with Crippen LogP contribution in [0.25, 0.3) is 0 Å². The van der Waals surface area contributed by atoms with E-state index in [4.69, 9.17) is 4.74 Å². The molecule has 1 fully saturated rings. The van der Waals surface area contributed by atoms with Gasteiger partial charge in [0.25, 0.3) is 0 Å². The van der Waals surface area contributed by atoms with Gasteiger partial charge in [-0.15, -0.1) is 0 Å². The number of pyridine rings is 1. The number of likely N-dealkylation sites (tertiary alicyclic amines) is 1. The fraction of sp³-hybridized carbons (Fsp3) is 0.667. The smallest absolute Gasteiger partial charge is 0.311 e. The van der Waals surface area contributed by atoms with E-state index in [-0.39, 0.29) is 24.3 Å². The minimum absolute atomic E-state index is 0.0470. The molecule has 26 heavy (non-hydrogen) atoms. The Morgan fingerprint density at radius 2 is 1.81 bits per heavy atom. The first-order valence-corrected chi connectivity index (χ1v) is 9.80. The molecule has 0 aromatic carbocycles. The van der Waals surface area contributed by atoms with Gasteiger partial charge in [0.2, 0.25) is 5.91 Å². The third-order valence-corrected chi connectivity index (χ3v) is 3.82. The van der Waals surface area contributed by atoms with Crippen LogP contribution in [0, 0.1) is 5.92 Å². The molecule has 0 saturated carbocycles. The molecule has 5 heteroatoms. The van der Waals surface area contributed by atoms with Crippen LogP contribution < -0.4 is 0 Å². The van der Waals surface area contributed by atoms with E-state index in [9.17, 15) is 9.59 Å². The van der Waals surface area contributed by atoms with Crippen molar-refractivity contribution in [2.75, 3.05) is 14.2 Å². The zero-order valence-electron chi connectivity index (χ0n) is 17.9. The lowest BCUT2D eigenvalue weighted by Crippen LogP contribution is -2.27. The van der Waals surface area contributed by atoms with E-state index in [1.54, 1.807) is 30.4 Å². The molecule has 2 heterocycles. The Kier molecular flexibility index (Phi) is 16.8. The molecule has 0 bridgehead atoms. The van der Waals surface area contributed by atoms with Gasteiger partial charge < -0.3 is 9.64 Å². The van der Waals surface area contributed by atoms with Crippen LogP contribution >= 0.6 is 0 Å². The zero-order valence-corrected chi connectivity index (χ0v) is 17.9. The van der Waals surface area contributed by atoms with Crippen LogP contribution in [0.3, 0.4) is 0 Å². The number of hydrogen-bond acceptors (Lipinski definition) is 4. The largest absolute Gasteiger partial charge is 0.469 e. The fourth-order valence-corrected chi connectivity index (χ4v) is 2.59. The molecule has 150 valence electrons. The van der Waals surface area contributed by atoms with Gasteiger partial charge in [-0.2, -0.15) is 0 Å². The maximum Gasteiger partial charge on any atom is 0.311 e. The van der Waals surface area contributed by atoms with Gasteiger partial charge >= 0.3 is 5.97 Å². The molecule has 2 atom stereocenters. The average Bonchev–Trinajstić information content (AvgIpc) is 3.01. The maximum atomic E-state index is 11.7. The zero-order chi connectivity index (χ0) is 20.5. The number of esters is 1. The van der Waals surface area contributed by atoms with Crippen LogP contribution in [0.2, 0.25) is 0 Å². The maximum absolute atomic E-state index is 11.7. The third-order valence-electron chi connectivity index (χ3n) is 3.82. The van der Waals surface area contributed by atoms with E-state index in [1.165, 1.54) is 26.4 Å². The summed E-state index contributed by atoms with van der Waals surface area (Å²) in [5, 5.41) is 0. The molecule has 1 aromatic rings. The number of methoxy groups -OCH3 is 1. The van der Waals surface area contributed by atoms with E-state index in [0.29, 0.717) is 0 Å². The predicted octanol–water partition coefficient (Wildman–Crippen LogP) is 5.02. The number of aromatic nitrogens is 1. The van der Waals surface area contributed by atoms with Crippen molar-refractivity contribution in [2.45, 2.75) is 73.3 Å². The number of hydrogen-bond donors (Lipinski definition) is 0. The van der Waals surface area contributed by atoms with Crippen molar-refractivity contribution in [3.8, 4) is 0 Å². The van der Waals surface area contributed by atoms with Gasteiger partial charge in [0, 0.05) is 25.9 Å². The number of ether oxygens (including phenoxy) is 1. The highest BCUT2D eigenvalue weighted by atomic mass is 16.5. The van der Waals surface area contributed by atoms with Crippen LogP contribution in [0.15, 0.2) is 24.5 Å². The quantitative estimate of drug-likeness (QED) is 0.702. The van der Waals surface area contributed by atoms with Crippen LogP contribution in [0.4, 0.5) is 0 Å². The standard InChI is InChI=1S/C12H14N2O3.C5H12.2C2H6/c1-14-10(15)6-9(12(16)17-2)11(14)8-4-3-5-13-7-8;1-3-5-4-2;2*1-2/h3-5,7,9,11H,6H2,1-2H3;3-5H2,1-2H3;2*1-2H3/t9-,11?;;;/m0.../s1. The molecule has 2 rings (SSSR count). The monoisotopic (exact) mass is 366 g/mol. The Balaban J connectivity index is 0. The van der Waals surface area contributed by atoms with Crippen LogP contribution in [0.5, 0.6) is 0 Å². The Bertz CT molecular complexity index is 475. The second-order valence-electron chi connectivity index (χ2n) is 5.42. The lowest BCUT2D eigenvalue weighted by atomic mass is 9.95. The molecule has 1 unspecified atom stereocenters. The Labute approximate surface area is 160 Å². The topological polar surface area (TPSA) is 59.5 Å². The van der Waals surface area contributed by atoms with Crippen molar-refractivity contribution in [1.29, 1.82) is 0 Å². The van der Waals surface area contributed by atoms with Crippen molar-refractivity contribution in [3.63, 3.8) is 0 Å². The van der Waals surface area contributed by atoms with Crippen molar-refractivity contribution in [1.82, 2.24) is 9.88 Å². The summed E-state index contributed by atoms with van der Waals surface area (Å²) in [7, 11) is 3.04. The minimum atomic E-state index is -0.443. The van der Waals surface area contributed by atoms with Gasteiger partial charge in [-0.3, -0.25) is 14.6 Å². The molecule has 1 aliphatic rings. The van der Waals surface area contributed by atoms with Crippen molar-refractivity contribution in [3.05, 3.63) is 30.1 Å². The molecule has 0 spiro atoms. The second kappa shape index (κ2) is 16.6. The SMILES string of the molecule is CC.CC.CCCCC.COC(=O)[C@H]1CC(=O)N(C)C1c1cccnc1. The molecular formula is C21H38N2O3. The lowest BCUT2D eigenvalue weighted by molar-refractivity contribution is -0.146. The summed E-state index contributed by atoms with van der Waals surface area (Å²) in [6.45, 7) is 12.4. The van der Waals surface area contributed by atoms with Crippen molar-refractivity contribution >= 4 is 11.9 Å². The van der Waals surface area contributed by atoms with E-state index in [0.717, 1.165) is 5.56 Å². The van der Waals surface area contributed by atoms with Crippen LogP contribution in [-0.4, -0.2) is 35.9 Å². The summed E-state index contributed by atoms with van der Waals surface area (Å²) in [6.07, 6.45) is 7.61. The van der Waals surface area contributed by atoms with E-state index < -0.39 is 5.92 Å². The van der Waals surface area contributed by atoms with Crippen LogP contribution in [0.1, 0.15) is 78.8 Å². The molecular weight excluding hydrogens is 328 g/mol. The van der Waals surface area contributed by atoms with E-state index in [2.05, 4.69) is 18.8 Å². The fourth-order valence-electron chi connectivity index (χ4n) is 2.59. The summed E-state index contributed by atoms with van der Waals surface area (Å²) in [5.41, 5.74) is 0.858. The summed E-state index contributed by atoms with van der Waals surface area (Å²) in [6, 6.07) is 3.38. The number of amides is 1. The van der Waals surface area contributed by atoms with Gasteiger partial charge in [0.1, 0.15) is 0 Å². The Morgan fingerprint density at radius 1 is 1.23 bits per heavy atom. The summed E-state index contributed by atoms with van der Waals surface area (Å²) >= 11 is 0. The highest BCUT2D eigenvalue weighted by Crippen LogP contribution is 2.37. The summed E-state index contributed by atoms with van der Waals surface area (Å²) < 4.78 is 4.74. The molecule has 1 aromatic heterocycles. The molecule has 1 amide bonds. The number of unbranched alkanes of at least 4 members (excludes halogenated alkanes) is 2. The normalized spacial score (nSPS) is 17.7. The highest BCUT2D eigenvalue weighted by Gasteiger charge is 2.43. The molecule has 1 saturated heterocycles. The Morgan fingerprint density at radius 3 is 2.19 bits per heavy atom. The predicted molar refractivity (Wildman–Crippen MR) is 108 cm³/mol. The van der Waals surface area contributed by atoms with E-state index >= 15 is 0 Å². The first-order chi connectivity index (χ1) is 12.6. The first kappa shape index (κ1) is 26.3. The Hall–Kier alpha value is -1.91. The second-order valence-corrected chi connectivity index (χ2v) is 5.42. The lowest BCUT2D eigenvalue weighted by Gasteiger charge is -2.23. The molecule has 0 radical (unpaired) electrons. The summed E-state index contributed by atoms with van der Waals surface area (Å²) in [4.78, 5) is 29.0. The molecule has 1 aliphatic heterocycles. The van der Waals surface area contributed by atoms with Gasteiger partial charge in [-0.05, 0) is 11.6 Å². The van der Waals surface area contributed by atoms with Crippen molar-refractivity contribution in [2.24, 2.45) is 5.92 Å².